The third-order valence-corrected chi connectivity index (χ3v) is 4.76. The van der Waals surface area contributed by atoms with Crippen LogP contribution in [0, 0.1) is 5.92 Å². The smallest absolute Gasteiger partial charge is 0.240 e. The van der Waals surface area contributed by atoms with Gasteiger partial charge in [-0.05, 0) is 25.0 Å². The van der Waals surface area contributed by atoms with Crippen molar-refractivity contribution in [2.45, 2.75) is 37.8 Å². The molecule has 2 unspecified atom stereocenters. The highest BCUT2D eigenvalue weighted by Gasteiger charge is 2.18. The Labute approximate surface area is 122 Å². The van der Waals surface area contributed by atoms with Crippen molar-refractivity contribution in [2.24, 2.45) is 11.7 Å². The maximum atomic E-state index is 12.1. The Hall–Kier alpha value is -0.950. The SMILES string of the molecule is CC(CNC(CN)C(C)C)NS(=O)(=O)c1ccccc1. The van der Waals surface area contributed by atoms with Gasteiger partial charge in [0, 0.05) is 25.2 Å². The van der Waals surface area contributed by atoms with Gasteiger partial charge >= 0.3 is 0 Å². The van der Waals surface area contributed by atoms with Crippen LogP contribution in [0.3, 0.4) is 0 Å². The lowest BCUT2D eigenvalue weighted by molar-refractivity contribution is 0.391. The normalized spacial score (nSPS) is 15.2. The average Bonchev–Trinajstić information content (AvgIpc) is 2.39. The molecule has 114 valence electrons. The molecule has 0 spiro atoms. The second kappa shape index (κ2) is 7.73. The number of hydrogen-bond donors (Lipinski definition) is 3. The zero-order valence-corrected chi connectivity index (χ0v) is 13.2. The van der Waals surface area contributed by atoms with Gasteiger partial charge in [-0.15, -0.1) is 0 Å². The van der Waals surface area contributed by atoms with E-state index in [1.165, 1.54) is 0 Å². The van der Waals surface area contributed by atoms with E-state index in [4.69, 9.17) is 5.73 Å². The molecular formula is C14H25N3O2S. The van der Waals surface area contributed by atoms with E-state index in [2.05, 4.69) is 23.9 Å². The van der Waals surface area contributed by atoms with Gasteiger partial charge in [0.2, 0.25) is 10.0 Å². The van der Waals surface area contributed by atoms with E-state index >= 15 is 0 Å². The van der Waals surface area contributed by atoms with Crippen LogP contribution in [0.1, 0.15) is 20.8 Å². The van der Waals surface area contributed by atoms with E-state index < -0.39 is 10.0 Å². The highest BCUT2D eigenvalue weighted by atomic mass is 32.2. The first-order valence-corrected chi connectivity index (χ1v) is 8.36. The number of sulfonamides is 1. The lowest BCUT2D eigenvalue weighted by atomic mass is 10.0. The van der Waals surface area contributed by atoms with Crippen LogP contribution in [-0.4, -0.2) is 33.6 Å². The largest absolute Gasteiger partial charge is 0.329 e. The lowest BCUT2D eigenvalue weighted by Crippen LogP contribution is -2.47. The zero-order chi connectivity index (χ0) is 15.2. The minimum absolute atomic E-state index is 0.193. The molecule has 4 N–H and O–H groups in total. The monoisotopic (exact) mass is 299 g/mol. The fourth-order valence-corrected chi connectivity index (χ4v) is 3.16. The molecule has 0 radical (unpaired) electrons. The summed E-state index contributed by atoms with van der Waals surface area (Å²) in [6.07, 6.45) is 0. The van der Waals surface area contributed by atoms with Gasteiger partial charge in [0.1, 0.15) is 0 Å². The Morgan fingerprint density at radius 2 is 1.75 bits per heavy atom. The number of nitrogens with one attached hydrogen (secondary N) is 2. The van der Waals surface area contributed by atoms with Crippen LogP contribution >= 0.6 is 0 Å². The van der Waals surface area contributed by atoms with Gasteiger partial charge in [-0.1, -0.05) is 32.0 Å². The number of nitrogens with two attached hydrogens (primary N) is 1. The van der Waals surface area contributed by atoms with Crippen molar-refractivity contribution < 1.29 is 8.42 Å². The van der Waals surface area contributed by atoms with Gasteiger partial charge in [-0.3, -0.25) is 0 Å². The summed E-state index contributed by atoms with van der Waals surface area (Å²) in [5.74, 6) is 0.415. The zero-order valence-electron chi connectivity index (χ0n) is 12.3. The van der Waals surface area contributed by atoms with Crippen molar-refractivity contribution >= 4 is 10.0 Å². The van der Waals surface area contributed by atoms with E-state index in [0.29, 0.717) is 19.0 Å². The second-order valence-electron chi connectivity index (χ2n) is 5.33. The fourth-order valence-electron chi connectivity index (χ4n) is 1.89. The summed E-state index contributed by atoms with van der Waals surface area (Å²) in [6, 6.07) is 8.37. The van der Waals surface area contributed by atoms with Crippen LogP contribution in [0.4, 0.5) is 0 Å². The Morgan fingerprint density at radius 3 is 2.25 bits per heavy atom. The molecule has 0 bridgehead atoms. The first-order chi connectivity index (χ1) is 9.36. The fraction of sp³-hybridized carbons (Fsp3) is 0.571. The third kappa shape index (κ3) is 5.20. The van der Waals surface area contributed by atoms with Gasteiger partial charge in [-0.25, -0.2) is 13.1 Å². The Balaban J connectivity index is 2.56. The average molecular weight is 299 g/mol. The molecule has 0 heterocycles. The molecule has 5 nitrogen and oxygen atoms in total. The molecule has 1 rings (SSSR count). The topological polar surface area (TPSA) is 84.2 Å². The van der Waals surface area contributed by atoms with E-state index in [-0.39, 0.29) is 17.0 Å². The molecule has 20 heavy (non-hydrogen) atoms. The number of benzene rings is 1. The van der Waals surface area contributed by atoms with Crippen LogP contribution in [-0.2, 0) is 10.0 Å². The Morgan fingerprint density at radius 1 is 1.15 bits per heavy atom. The summed E-state index contributed by atoms with van der Waals surface area (Å²) >= 11 is 0. The molecule has 0 aromatic heterocycles. The standard InChI is InChI=1S/C14H25N3O2S/c1-11(2)14(9-15)16-10-12(3)17-20(18,19)13-7-5-4-6-8-13/h4-8,11-12,14,16-17H,9-10,15H2,1-3H3. The molecule has 6 heteroatoms. The minimum Gasteiger partial charge on any atom is -0.329 e. The quantitative estimate of drug-likeness (QED) is 0.666. The molecular weight excluding hydrogens is 274 g/mol. The Kier molecular flexibility index (Phi) is 6.61. The molecule has 0 aliphatic heterocycles. The van der Waals surface area contributed by atoms with Crippen molar-refractivity contribution in [3.05, 3.63) is 30.3 Å². The summed E-state index contributed by atoms with van der Waals surface area (Å²) in [5, 5.41) is 3.29. The number of hydrogen-bond acceptors (Lipinski definition) is 4. The summed E-state index contributed by atoms with van der Waals surface area (Å²) < 4.78 is 26.9. The summed E-state index contributed by atoms with van der Waals surface area (Å²) in [5.41, 5.74) is 5.68. The van der Waals surface area contributed by atoms with Crippen molar-refractivity contribution in [1.29, 1.82) is 0 Å². The van der Waals surface area contributed by atoms with Crippen molar-refractivity contribution in [3.63, 3.8) is 0 Å². The van der Waals surface area contributed by atoms with Crippen LogP contribution < -0.4 is 15.8 Å². The summed E-state index contributed by atoms with van der Waals surface area (Å²) in [4.78, 5) is 0.283. The third-order valence-electron chi connectivity index (χ3n) is 3.15. The van der Waals surface area contributed by atoms with E-state index in [9.17, 15) is 8.42 Å². The van der Waals surface area contributed by atoms with Crippen LogP contribution in [0.2, 0.25) is 0 Å². The Bertz CT molecular complexity index is 488. The van der Waals surface area contributed by atoms with Crippen molar-refractivity contribution in [3.8, 4) is 0 Å². The molecule has 0 aliphatic rings. The molecule has 0 fully saturated rings. The lowest BCUT2D eigenvalue weighted by Gasteiger charge is -2.23. The van der Waals surface area contributed by atoms with Crippen LogP contribution in [0.5, 0.6) is 0 Å². The van der Waals surface area contributed by atoms with Gasteiger partial charge in [-0.2, -0.15) is 0 Å². The second-order valence-corrected chi connectivity index (χ2v) is 7.04. The maximum absolute atomic E-state index is 12.1. The molecule has 0 saturated carbocycles. The van der Waals surface area contributed by atoms with E-state index in [1.54, 1.807) is 30.3 Å². The van der Waals surface area contributed by atoms with Gasteiger partial charge in [0.15, 0.2) is 0 Å². The molecule has 2 atom stereocenters. The van der Waals surface area contributed by atoms with E-state index in [1.807, 2.05) is 6.92 Å². The maximum Gasteiger partial charge on any atom is 0.240 e. The van der Waals surface area contributed by atoms with Gasteiger partial charge in [0.25, 0.3) is 0 Å². The predicted octanol–water partition coefficient (Wildman–Crippen LogP) is 0.926. The highest BCUT2D eigenvalue weighted by molar-refractivity contribution is 7.89. The highest BCUT2D eigenvalue weighted by Crippen LogP contribution is 2.08. The molecule has 0 aliphatic carbocycles. The van der Waals surface area contributed by atoms with Gasteiger partial charge in [0.05, 0.1) is 4.90 Å². The van der Waals surface area contributed by atoms with Gasteiger partial charge < -0.3 is 11.1 Å². The molecule has 0 amide bonds. The van der Waals surface area contributed by atoms with E-state index in [0.717, 1.165) is 0 Å². The minimum atomic E-state index is -3.46. The predicted molar refractivity (Wildman–Crippen MR) is 81.9 cm³/mol. The molecule has 1 aromatic carbocycles. The summed E-state index contributed by atoms with van der Waals surface area (Å²) in [7, 11) is -3.46. The van der Waals surface area contributed by atoms with Crippen LogP contribution in [0.15, 0.2) is 35.2 Å². The first-order valence-electron chi connectivity index (χ1n) is 6.87. The van der Waals surface area contributed by atoms with Crippen LogP contribution in [0.25, 0.3) is 0 Å². The summed E-state index contributed by atoms with van der Waals surface area (Å²) in [6.45, 7) is 7.09. The molecule has 0 saturated heterocycles. The van der Waals surface area contributed by atoms with Crippen molar-refractivity contribution in [2.75, 3.05) is 13.1 Å². The van der Waals surface area contributed by atoms with Crippen molar-refractivity contribution in [1.82, 2.24) is 10.0 Å². The molecule has 1 aromatic rings. The first kappa shape index (κ1) is 17.1. The number of rotatable bonds is 8.